The summed E-state index contributed by atoms with van der Waals surface area (Å²) in [7, 11) is 5.20. The van der Waals surface area contributed by atoms with Gasteiger partial charge in [-0.05, 0) is 130 Å². The van der Waals surface area contributed by atoms with Gasteiger partial charge in [-0.1, -0.05) is 91.3 Å². The van der Waals surface area contributed by atoms with Crippen LogP contribution in [0.25, 0.3) is 11.1 Å². The summed E-state index contributed by atoms with van der Waals surface area (Å²) in [6, 6.07) is 31.6. The first-order chi connectivity index (χ1) is 46.4. The first kappa shape index (κ1) is 71.3. The Kier molecular flexibility index (Phi) is 23.0. The number of aromatic nitrogens is 2. The number of unbranched alkanes of at least 4 members (excludes halogenated alkanes) is 2. The SMILES string of the molecule is CN(CCN1CCC(N(C(=O)O)c2ccccc2-c2ccccc2)CC1)C(=O)CCCCCNc1ncc(C(=O)N(C)CCCN(C)C(=O)CO[C@H]2Cc3ccccc3C23CCN(CC[C@@]2(c4ccc(F)cc4)CN(C(=O)c4cc(C(F)(F)F)cc(C(F)(F)F)c4)CO2)CC3)cn1. The molecule has 18 nitrogen and oxygen atoms in total. The number of likely N-dealkylation sites (tertiary alicyclic amines) is 2. The van der Waals surface area contributed by atoms with Crippen molar-refractivity contribution >= 4 is 41.4 Å². The van der Waals surface area contributed by atoms with Crippen molar-refractivity contribution in [3.05, 3.63) is 178 Å². The number of ether oxygens (including phenoxy) is 2. The number of rotatable bonds is 26. The lowest BCUT2D eigenvalue weighted by Crippen LogP contribution is -2.50. The van der Waals surface area contributed by atoms with E-state index >= 15 is 0 Å². The molecular formula is C72H83F7N10O8. The second-order valence-corrected chi connectivity index (χ2v) is 25.8. The maximum Gasteiger partial charge on any atom is 0.416 e. The van der Waals surface area contributed by atoms with Crippen LogP contribution in [0.1, 0.15) is 113 Å². The fourth-order valence-electron chi connectivity index (χ4n) is 13.9. The molecule has 5 amide bonds. The van der Waals surface area contributed by atoms with Gasteiger partial charge in [0.1, 0.15) is 24.8 Å². The molecule has 6 aromatic rings. The Morgan fingerprint density at radius 3 is 2.00 bits per heavy atom. The van der Waals surface area contributed by atoms with E-state index in [1.807, 2.05) is 73.8 Å². The molecule has 0 bridgehead atoms. The van der Waals surface area contributed by atoms with E-state index in [0.717, 1.165) is 59.5 Å². The predicted octanol–water partition coefficient (Wildman–Crippen LogP) is 11.7. The van der Waals surface area contributed by atoms with E-state index in [1.165, 1.54) is 41.6 Å². The maximum atomic E-state index is 14.2. The molecule has 1 aromatic heterocycles. The summed E-state index contributed by atoms with van der Waals surface area (Å²) in [6.07, 6.45) is -1.84. The Bertz CT molecular complexity index is 3650. The number of nitrogens with zero attached hydrogens (tertiary/aromatic N) is 9. The largest absolute Gasteiger partial charge is 0.465 e. The first-order valence-electron chi connectivity index (χ1n) is 33.0. The fourth-order valence-corrected chi connectivity index (χ4v) is 13.9. The zero-order valence-electron chi connectivity index (χ0n) is 54.8. The molecular weight excluding hydrogens is 1270 g/mol. The smallest absolute Gasteiger partial charge is 0.416 e. The molecule has 3 saturated heterocycles. The number of amides is 5. The van der Waals surface area contributed by atoms with Gasteiger partial charge < -0.3 is 49.3 Å². The van der Waals surface area contributed by atoms with Crippen LogP contribution in [-0.4, -0.2) is 193 Å². The number of carbonyl (C=O) groups excluding carboxylic acids is 4. The Labute approximate surface area is 560 Å². The van der Waals surface area contributed by atoms with Crippen molar-refractivity contribution < 1.29 is 69.3 Å². The molecule has 2 N–H and O–H groups in total. The van der Waals surface area contributed by atoms with E-state index in [4.69, 9.17) is 9.47 Å². The topological polar surface area (TPSA) is 185 Å². The van der Waals surface area contributed by atoms with Crippen LogP contribution >= 0.6 is 0 Å². The molecule has 4 heterocycles. The molecule has 10 rings (SSSR count). The van der Waals surface area contributed by atoms with Gasteiger partial charge in [-0.15, -0.1) is 0 Å². The number of carbonyl (C=O) groups is 5. The number of likely N-dealkylation sites (N-methyl/N-ethyl adjacent to an activating group) is 2. The van der Waals surface area contributed by atoms with Crippen LogP contribution in [0.3, 0.4) is 0 Å². The Morgan fingerprint density at radius 1 is 0.691 bits per heavy atom. The van der Waals surface area contributed by atoms with Crippen molar-refractivity contribution in [1.82, 2.24) is 39.4 Å². The zero-order valence-corrected chi connectivity index (χ0v) is 54.8. The third-order valence-electron chi connectivity index (χ3n) is 19.6. The Morgan fingerprint density at radius 2 is 1.32 bits per heavy atom. The van der Waals surface area contributed by atoms with E-state index in [1.54, 1.807) is 28.8 Å². The quantitative estimate of drug-likeness (QED) is 0.0387. The Hall–Kier alpha value is -8.52. The van der Waals surface area contributed by atoms with Gasteiger partial charge in [0.25, 0.3) is 11.8 Å². The Balaban J connectivity index is 0.616. The van der Waals surface area contributed by atoms with Gasteiger partial charge in [0.2, 0.25) is 17.8 Å². The standard InChI is InChI=1S/C72H83F7N10O8/c1-83(32-14-33-85(3)65(92)53-45-81-67(82-46-53)80-31-13-5-8-21-63(90)84(2)39-40-86-34-26-58(27-35-86)89(68(94)95)61-20-12-10-18-59(61)50-15-6-4-7-16-50)64(91)47-96-62-43-51-17-9-11-19-60(51)69(62)28-36-87(37-29-69)38-30-70(54-22-24-57(73)25-23-54)48-88(49-97-70)66(93)52-41-55(71(74,75)76)44-56(42-52)72(77,78)79/h4,6-7,9-12,15-20,22-25,41-42,44-46,58,62H,5,8,13-14,21,26-40,43,47-49H2,1-3H3,(H,94,95)(H,80,81,82)/t62-,70-/m0/s1. The molecule has 0 saturated carbocycles. The molecule has 25 heteroatoms. The van der Waals surface area contributed by atoms with Crippen LogP contribution < -0.4 is 10.2 Å². The highest BCUT2D eigenvalue weighted by Gasteiger charge is 2.50. The molecule has 1 spiro atoms. The van der Waals surface area contributed by atoms with Gasteiger partial charge in [-0.2, -0.15) is 26.3 Å². The lowest BCUT2D eigenvalue weighted by Gasteiger charge is -2.44. The number of hydrogen-bond donors (Lipinski definition) is 2. The zero-order chi connectivity index (χ0) is 69.1. The van der Waals surface area contributed by atoms with Crippen molar-refractivity contribution in [2.45, 2.75) is 106 Å². The number of nitrogens with one attached hydrogen (secondary N) is 1. The molecule has 0 radical (unpaired) electrons. The van der Waals surface area contributed by atoms with Crippen LogP contribution in [0.5, 0.6) is 0 Å². The van der Waals surface area contributed by atoms with E-state index < -0.39 is 64.6 Å². The highest BCUT2D eigenvalue weighted by atomic mass is 19.4. The fraction of sp³-hybridized carbons (Fsp3) is 0.458. The number of anilines is 2. The van der Waals surface area contributed by atoms with Crippen molar-refractivity contribution in [3.63, 3.8) is 0 Å². The summed E-state index contributed by atoms with van der Waals surface area (Å²) >= 11 is 0. The number of piperidine rings is 2. The molecule has 4 aliphatic rings. The third kappa shape index (κ3) is 17.4. The highest BCUT2D eigenvalue weighted by molar-refractivity contribution is 5.95. The van der Waals surface area contributed by atoms with Gasteiger partial charge in [0.15, 0.2) is 0 Å². The molecule has 2 atom stereocenters. The lowest BCUT2D eigenvalue weighted by molar-refractivity contribution is -0.143. The van der Waals surface area contributed by atoms with Crippen LogP contribution in [-0.2, 0) is 48.9 Å². The van der Waals surface area contributed by atoms with E-state index in [-0.39, 0.29) is 55.5 Å². The molecule has 1 aliphatic carbocycles. The summed E-state index contributed by atoms with van der Waals surface area (Å²) in [5, 5.41) is 13.5. The first-order valence-corrected chi connectivity index (χ1v) is 33.0. The summed E-state index contributed by atoms with van der Waals surface area (Å²) in [5.74, 6) is -1.65. The van der Waals surface area contributed by atoms with Crippen LogP contribution in [0.15, 0.2) is 134 Å². The van der Waals surface area contributed by atoms with Crippen molar-refractivity contribution in [2.75, 3.05) is 117 Å². The van der Waals surface area contributed by atoms with Gasteiger partial charge >= 0.3 is 18.4 Å². The number of alkyl halides is 6. The van der Waals surface area contributed by atoms with E-state index in [9.17, 15) is 59.8 Å². The summed E-state index contributed by atoms with van der Waals surface area (Å²) in [5.41, 5.74) is -0.0976. The van der Waals surface area contributed by atoms with Gasteiger partial charge in [-0.25, -0.2) is 19.2 Å². The minimum absolute atomic E-state index is 0.0321. The molecule has 3 aliphatic heterocycles. The van der Waals surface area contributed by atoms with Gasteiger partial charge in [0, 0.05) is 115 Å². The van der Waals surface area contributed by atoms with E-state index in [0.29, 0.717) is 132 Å². The van der Waals surface area contributed by atoms with E-state index in [2.05, 4.69) is 37.2 Å². The maximum absolute atomic E-state index is 14.2. The second kappa shape index (κ2) is 31.3. The predicted molar refractivity (Wildman–Crippen MR) is 351 cm³/mol. The molecule has 5 aromatic carbocycles. The highest BCUT2D eigenvalue weighted by Crippen LogP contribution is 2.49. The second-order valence-electron chi connectivity index (χ2n) is 25.8. The molecule has 97 heavy (non-hydrogen) atoms. The number of benzene rings is 5. The minimum Gasteiger partial charge on any atom is -0.465 e. The molecule has 3 fully saturated rings. The van der Waals surface area contributed by atoms with Crippen molar-refractivity contribution in [3.8, 4) is 11.1 Å². The number of hydrogen-bond acceptors (Lipinski definition) is 12. The van der Waals surface area contributed by atoms with Crippen molar-refractivity contribution in [2.24, 2.45) is 0 Å². The number of halogens is 7. The average Bonchev–Trinajstić information content (AvgIpc) is 1.61. The van der Waals surface area contributed by atoms with Crippen molar-refractivity contribution in [1.29, 1.82) is 0 Å². The van der Waals surface area contributed by atoms with Crippen LogP contribution in [0, 0.1) is 5.82 Å². The summed E-state index contributed by atoms with van der Waals surface area (Å²) < 4.78 is 110. The van der Waals surface area contributed by atoms with Crippen LogP contribution in [0.4, 0.5) is 47.2 Å². The monoisotopic (exact) mass is 1350 g/mol. The average molecular weight is 1350 g/mol. The van der Waals surface area contributed by atoms with Gasteiger partial charge in [0.05, 0.1) is 35.0 Å². The number of para-hydroxylation sites is 1. The number of fused-ring (bicyclic) bond motifs is 2. The van der Waals surface area contributed by atoms with Crippen LogP contribution in [0.2, 0.25) is 0 Å². The minimum atomic E-state index is -5.15. The van der Waals surface area contributed by atoms with Gasteiger partial charge in [-0.3, -0.25) is 24.1 Å². The molecule has 518 valence electrons. The number of carboxylic acid groups (broad SMARTS) is 1. The summed E-state index contributed by atoms with van der Waals surface area (Å²) in [4.78, 5) is 87.2. The third-order valence-corrected chi connectivity index (χ3v) is 19.6. The lowest BCUT2D eigenvalue weighted by atomic mass is 9.72. The molecule has 0 unspecified atom stereocenters. The normalized spacial score (nSPS) is 18.2. The summed E-state index contributed by atoms with van der Waals surface area (Å²) in [6.45, 7) is 4.85.